The van der Waals surface area contributed by atoms with Crippen molar-refractivity contribution in [2.75, 3.05) is 26.2 Å². The predicted molar refractivity (Wildman–Crippen MR) is 319 cm³/mol. The van der Waals surface area contributed by atoms with E-state index in [1.165, 1.54) is 36.5 Å². The number of aromatic nitrogens is 2. The van der Waals surface area contributed by atoms with Crippen molar-refractivity contribution in [1.82, 2.24) is 46.6 Å². The minimum atomic E-state index is -2.23. The third-order valence-corrected chi connectivity index (χ3v) is 16.8. The van der Waals surface area contributed by atoms with E-state index in [1.54, 1.807) is 12.1 Å². The number of phenols is 1. The van der Waals surface area contributed by atoms with Crippen LogP contribution in [0, 0.1) is 5.92 Å². The van der Waals surface area contributed by atoms with E-state index in [0.29, 0.717) is 22.2 Å². The van der Waals surface area contributed by atoms with Gasteiger partial charge in [0.2, 0.25) is 41.4 Å². The number of aromatic hydroxyl groups is 1. The Morgan fingerprint density at radius 2 is 1.36 bits per heavy atom. The number of nitrogens with one attached hydrogen (secondary N) is 5. The first-order chi connectivity index (χ1) is 43.4. The second-order valence-corrected chi connectivity index (χ2v) is 23.6. The molecule has 0 saturated carbocycles. The quantitative estimate of drug-likeness (QED) is 0.0121. The van der Waals surface area contributed by atoms with Gasteiger partial charge < -0.3 is 92.0 Å². The van der Waals surface area contributed by atoms with Gasteiger partial charge in [0.1, 0.15) is 52.0 Å². The number of primary amides is 1. The average molecular weight is 1330 g/mol. The van der Waals surface area contributed by atoms with E-state index in [0.717, 1.165) is 57.7 Å². The maximum absolute atomic E-state index is 14.7. The van der Waals surface area contributed by atoms with Crippen molar-refractivity contribution in [3.05, 3.63) is 102 Å². The monoisotopic (exact) mass is 1320 g/mol. The molecule has 3 fully saturated rings. The molecule has 0 bridgehead atoms. The summed E-state index contributed by atoms with van der Waals surface area (Å²) in [7, 11) is 0. The number of carbonyl (C=O) groups excluding carboxylic acids is 8. The summed E-state index contributed by atoms with van der Waals surface area (Å²) in [6, 6.07) is 13.3. The minimum Gasteiger partial charge on any atom is -0.691 e. The van der Waals surface area contributed by atoms with Crippen LogP contribution in [0.15, 0.2) is 91.0 Å². The molecular weight excluding hydrogens is 1260 g/mol. The van der Waals surface area contributed by atoms with Gasteiger partial charge in [-0.25, -0.2) is 0 Å². The molecule has 4 heterocycles. The van der Waals surface area contributed by atoms with Crippen molar-refractivity contribution in [2.24, 2.45) is 11.7 Å². The molecule has 8 rings (SSSR count). The fourth-order valence-electron chi connectivity index (χ4n) is 10.6. The number of benzene rings is 4. The number of hydrogen-bond acceptors (Lipinski definition) is 24. The van der Waals surface area contributed by atoms with Crippen molar-refractivity contribution in [2.45, 2.75) is 126 Å². The third-order valence-electron chi connectivity index (χ3n) is 15.4. The van der Waals surface area contributed by atoms with Crippen LogP contribution in [0.25, 0.3) is 32.3 Å². The zero-order valence-electron chi connectivity index (χ0n) is 50.2. The van der Waals surface area contributed by atoms with E-state index in [1.807, 2.05) is 55.5 Å². The smallest absolute Gasteiger partial charge is 0.691 e. The molecule has 33 heteroatoms. The maximum Gasteiger partial charge on any atom is 1.00 e. The number of nitrogens with two attached hydrogens (primary N) is 1. The first-order valence-electron chi connectivity index (χ1n) is 28.8. The van der Waals surface area contributed by atoms with Gasteiger partial charge in [0, 0.05) is 61.5 Å². The van der Waals surface area contributed by atoms with Crippen LogP contribution in [0.3, 0.4) is 0 Å². The van der Waals surface area contributed by atoms with E-state index < -0.39 is 177 Å². The summed E-state index contributed by atoms with van der Waals surface area (Å²) in [6.45, 7) is 3.49. The molecule has 13 atom stereocenters. The molecular formula is C59H69N10NaO20S2. The van der Waals surface area contributed by atoms with Crippen molar-refractivity contribution in [1.29, 1.82) is 0 Å². The molecule has 3 aliphatic rings. The molecule has 92 heavy (non-hydrogen) atoms. The van der Waals surface area contributed by atoms with E-state index in [9.17, 15) is 79.4 Å². The Bertz CT molecular complexity index is 3410. The summed E-state index contributed by atoms with van der Waals surface area (Å²) in [5.41, 5.74) is 8.83. The fourth-order valence-corrected chi connectivity index (χ4v) is 11.8. The van der Waals surface area contributed by atoms with Gasteiger partial charge in [-0.05, 0) is 66.4 Å². The molecule has 3 saturated heterocycles. The van der Waals surface area contributed by atoms with Crippen LogP contribution in [0.1, 0.15) is 62.4 Å². The van der Waals surface area contributed by atoms with E-state index >= 15 is 0 Å². The second kappa shape index (κ2) is 32.9. The van der Waals surface area contributed by atoms with Gasteiger partial charge in [0.25, 0.3) is 18.2 Å². The maximum atomic E-state index is 14.7. The van der Waals surface area contributed by atoms with Crippen molar-refractivity contribution in [3.63, 3.8) is 0 Å². The van der Waals surface area contributed by atoms with Crippen LogP contribution in [0.5, 0.6) is 17.2 Å². The molecule has 488 valence electrons. The van der Waals surface area contributed by atoms with Crippen LogP contribution in [0.2, 0.25) is 0 Å². The standard InChI is InChI=1S/C59H70N10O20S2.Na/c1-4-19-86-38-16-14-32(15-17-38)31-6-10-34(11-7-31)56-66-67-57(90-56)35-12-8-33(9-13-35)51(78)62-39-22-36(71)25-61-55(82)49-50(77)28(2)26-69(49)59(84)48(43(75)24-45(60)76)65-54(81)47(42(74)20-30-5-18-41(73)44(21-30)87-91-89-88-85)64-53(80)40-23-37(72)27-68(40)58(83)46(29(3)70)63-52(39)79;/h5-18,21,28-29,36-37,39-40,42-43,46-50,70-75,77,85H,4,19-20,22-27H2,1-3H3,(H2,60,76)(H,61,82)(H,62,78)(H,63,79)(H,64,80)(H,65,81);/q;+1/p-1/t28?,29?,36?,37?,39-,40?,42?,43?,46?,47?,48?,49?,50?;/m0./s1. The van der Waals surface area contributed by atoms with Gasteiger partial charge in [0.15, 0.2) is 11.5 Å². The summed E-state index contributed by atoms with van der Waals surface area (Å²) in [5, 5.41) is 114. The van der Waals surface area contributed by atoms with Gasteiger partial charge in [-0.1, -0.05) is 79.8 Å². The number of amides is 8. The number of nitrogens with zero attached hydrogens (tertiary/aromatic N) is 4. The van der Waals surface area contributed by atoms with Crippen LogP contribution in [0.4, 0.5) is 0 Å². The fraction of sp³-hybridized carbons (Fsp3) is 0.424. The van der Waals surface area contributed by atoms with Gasteiger partial charge in [0.05, 0.1) is 49.7 Å². The molecule has 5 aromatic rings. The summed E-state index contributed by atoms with van der Waals surface area (Å²) in [4.78, 5) is 115. The molecule has 0 spiro atoms. The summed E-state index contributed by atoms with van der Waals surface area (Å²) in [6.07, 6.45) is -12.8. The number of fused-ring (bicyclic) bond motifs is 2. The molecule has 8 amide bonds. The Morgan fingerprint density at radius 1 is 0.761 bits per heavy atom. The SMILES string of the molecule is CCCOc1ccc(-c2ccc(-c3nnc(-c4ccc(C(=O)N[C@H]5CC(O)CNC(=O)C6C(O)C(C)CN6C(=O)C(C(O)CC(N)=O)NC(=O)C(C(O)Cc6ccc(O)c(OSOO[O-])c6)NC(=O)C6CC(O)CN6C(=O)C(C(C)O)NC5=O)cc4)s3)cc2)cc1.[Na+]. The Hall–Kier alpha value is -7.41. The zero-order chi connectivity index (χ0) is 65.8. The number of phenolic OH excluding ortho intramolecular Hbond substituents is 1. The van der Waals surface area contributed by atoms with Crippen LogP contribution >= 0.6 is 23.7 Å². The summed E-state index contributed by atoms with van der Waals surface area (Å²) >= 11 is 1.28. The molecule has 14 N–H and O–H groups in total. The van der Waals surface area contributed by atoms with Crippen molar-refractivity contribution < 1.29 is 127 Å². The van der Waals surface area contributed by atoms with E-state index in [-0.39, 0.29) is 58.8 Å². The van der Waals surface area contributed by atoms with Crippen molar-refractivity contribution in [3.8, 4) is 49.5 Å². The zero-order valence-corrected chi connectivity index (χ0v) is 53.8. The van der Waals surface area contributed by atoms with Crippen LogP contribution < -0.4 is 76.1 Å². The predicted octanol–water partition coefficient (Wildman–Crippen LogP) is -4.97. The average Bonchev–Trinajstić information content (AvgIpc) is 1.63. The second-order valence-electron chi connectivity index (χ2n) is 22.2. The number of β-amino-alcohol motifs (C(OH)–C–C–N with tert-alkyl or cyclic N) is 1. The summed E-state index contributed by atoms with van der Waals surface area (Å²) < 4.78 is 14.9. The number of rotatable bonds is 19. The number of carbonyl (C=O) groups is 8. The minimum absolute atomic E-state index is 0. The molecule has 0 radical (unpaired) electrons. The van der Waals surface area contributed by atoms with Gasteiger partial charge in [-0.15, -0.1) is 14.5 Å². The normalized spacial score (nSPS) is 24.5. The van der Waals surface area contributed by atoms with Gasteiger partial charge in [-0.3, -0.25) is 43.4 Å². The van der Waals surface area contributed by atoms with Gasteiger partial charge >= 0.3 is 29.6 Å². The van der Waals surface area contributed by atoms with Crippen LogP contribution in [-0.4, -0.2) is 202 Å². The van der Waals surface area contributed by atoms with E-state index in [4.69, 9.17) is 14.7 Å². The summed E-state index contributed by atoms with van der Waals surface area (Å²) in [5.74, 6) is -10.4. The number of aliphatic hydroxyl groups excluding tert-OH is 6. The largest absolute Gasteiger partial charge is 1.00 e. The Balaban J connectivity index is 0.0000120. The Labute approximate surface area is 556 Å². The molecule has 12 unspecified atom stereocenters. The van der Waals surface area contributed by atoms with Crippen molar-refractivity contribution >= 4 is 70.9 Å². The third kappa shape index (κ3) is 18.0. The van der Waals surface area contributed by atoms with E-state index in [2.05, 4.69) is 46.2 Å². The Kier molecular flexibility index (Phi) is 25.8. The first kappa shape index (κ1) is 72.0. The van der Waals surface area contributed by atoms with Crippen LogP contribution in [-0.2, 0) is 49.4 Å². The number of ether oxygens (including phenoxy) is 1. The molecule has 30 nitrogen and oxygen atoms in total. The number of aliphatic hydroxyl groups is 6. The molecule has 1 aromatic heterocycles. The molecule has 4 aromatic carbocycles. The topological polar surface area (TPSA) is 457 Å². The first-order valence-corrected chi connectivity index (χ1v) is 30.3. The molecule has 0 aliphatic carbocycles. The number of hydrogen-bond donors (Lipinski definition) is 13. The van der Waals surface area contributed by atoms with Gasteiger partial charge in [-0.2, -0.15) is 0 Å². The molecule has 3 aliphatic heterocycles. The Morgan fingerprint density at radius 3 is 1.98 bits per heavy atom.